The van der Waals surface area contributed by atoms with Crippen molar-refractivity contribution in [2.75, 3.05) is 5.01 Å². The number of rotatable bonds is 3. The van der Waals surface area contributed by atoms with Gasteiger partial charge in [0.1, 0.15) is 0 Å². The van der Waals surface area contributed by atoms with E-state index >= 15 is 0 Å². The summed E-state index contributed by atoms with van der Waals surface area (Å²) in [5.41, 5.74) is 5.67. The average Bonchev–Trinajstić information content (AvgIpc) is 3.24. The fourth-order valence-electron chi connectivity index (χ4n) is 4.08. The standard InChI is InChI=1S/C26H21ClN4O/c1-16-23(15-24-17(2)29-31(26(24)32)21-13-11-20(27)12-14-21)18(3)30(28-16)25-10-6-8-19-7-4-5-9-22(19)25/h4-15H,1-3H3/b24-15+. The van der Waals surface area contributed by atoms with Gasteiger partial charge in [0.25, 0.3) is 5.91 Å². The van der Waals surface area contributed by atoms with E-state index in [1.165, 1.54) is 5.01 Å². The molecule has 6 heteroatoms. The molecular weight excluding hydrogens is 420 g/mol. The number of halogens is 1. The predicted octanol–water partition coefficient (Wildman–Crippen LogP) is 6.10. The van der Waals surface area contributed by atoms with Crippen molar-refractivity contribution >= 4 is 45.8 Å². The Bertz CT molecular complexity index is 1420. The average molecular weight is 441 g/mol. The number of anilines is 1. The SMILES string of the molecule is CC1=NN(c2ccc(Cl)cc2)C(=O)/C1=C/c1c(C)nn(-c2cccc3ccccc23)c1C. The van der Waals surface area contributed by atoms with Crippen LogP contribution in [-0.2, 0) is 4.79 Å². The Hall–Kier alpha value is -3.70. The van der Waals surface area contributed by atoms with E-state index in [1.54, 1.807) is 24.3 Å². The van der Waals surface area contributed by atoms with Crippen molar-refractivity contribution < 1.29 is 4.79 Å². The van der Waals surface area contributed by atoms with Crippen molar-refractivity contribution in [2.45, 2.75) is 20.8 Å². The first kappa shape index (κ1) is 20.2. The predicted molar refractivity (Wildman–Crippen MR) is 131 cm³/mol. The van der Waals surface area contributed by atoms with E-state index in [1.807, 2.05) is 49.7 Å². The molecule has 0 saturated carbocycles. The number of benzene rings is 3. The minimum Gasteiger partial charge on any atom is -0.267 e. The monoisotopic (exact) mass is 440 g/mol. The quantitative estimate of drug-likeness (QED) is 0.361. The molecule has 5 rings (SSSR count). The van der Waals surface area contributed by atoms with Gasteiger partial charge in [-0.1, -0.05) is 48.0 Å². The van der Waals surface area contributed by atoms with E-state index in [2.05, 4.69) is 29.4 Å². The first-order chi connectivity index (χ1) is 15.4. The van der Waals surface area contributed by atoms with E-state index in [9.17, 15) is 4.79 Å². The van der Waals surface area contributed by atoms with Crippen LogP contribution in [0.25, 0.3) is 22.5 Å². The normalized spacial score (nSPS) is 15.1. The van der Waals surface area contributed by atoms with Gasteiger partial charge in [-0.2, -0.15) is 15.2 Å². The summed E-state index contributed by atoms with van der Waals surface area (Å²) in [6.45, 7) is 5.83. The number of carbonyl (C=O) groups is 1. The maximum atomic E-state index is 13.2. The summed E-state index contributed by atoms with van der Waals surface area (Å²) in [6.07, 6.45) is 1.90. The van der Waals surface area contributed by atoms with Crippen molar-refractivity contribution in [3.8, 4) is 5.69 Å². The molecule has 1 aromatic heterocycles. The Labute approximate surface area is 191 Å². The van der Waals surface area contributed by atoms with E-state index < -0.39 is 0 Å². The van der Waals surface area contributed by atoms with Crippen molar-refractivity contribution in [1.29, 1.82) is 0 Å². The third kappa shape index (κ3) is 3.31. The molecule has 1 amide bonds. The zero-order valence-corrected chi connectivity index (χ0v) is 18.8. The Morgan fingerprint density at radius 3 is 2.41 bits per heavy atom. The molecule has 158 valence electrons. The molecular formula is C26H21ClN4O. The molecule has 0 unspecified atom stereocenters. The summed E-state index contributed by atoms with van der Waals surface area (Å²) in [6, 6.07) is 21.5. The second-order valence-corrected chi connectivity index (χ2v) is 8.27. The van der Waals surface area contributed by atoms with Gasteiger partial charge in [0, 0.05) is 21.7 Å². The number of hydrazone groups is 1. The number of fused-ring (bicyclic) bond motifs is 1. The Morgan fingerprint density at radius 2 is 1.62 bits per heavy atom. The van der Waals surface area contributed by atoms with E-state index in [4.69, 9.17) is 16.7 Å². The molecule has 1 aliphatic heterocycles. The first-order valence-corrected chi connectivity index (χ1v) is 10.7. The topological polar surface area (TPSA) is 50.5 Å². The Balaban J connectivity index is 1.57. The van der Waals surface area contributed by atoms with Crippen LogP contribution in [0.5, 0.6) is 0 Å². The molecule has 3 aromatic carbocycles. The second-order valence-electron chi connectivity index (χ2n) is 7.83. The van der Waals surface area contributed by atoms with Crippen LogP contribution in [0.3, 0.4) is 0 Å². The van der Waals surface area contributed by atoms with Gasteiger partial charge in [-0.05, 0) is 62.6 Å². The van der Waals surface area contributed by atoms with Gasteiger partial charge in [0.05, 0.1) is 28.4 Å². The van der Waals surface area contributed by atoms with Gasteiger partial charge in [0.2, 0.25) is 0 Å². The lowest BCUT2D eigenvalue weighted by molar-refractivity contribution is -0.114. The number of hydrogen-bond donors (Lipinski definition) is 0. The minimum absolute atomic E-state index is 0.165. The largest absolute Gasteiger partial charge is 0.280 e. The van der Waals surface area contributed by atoms with Gasteiger partial charge >= 0.3 is 0 Å². The van der Waals surface area contributed by atoms with Crippen LogP contribution < -0.4 is 5.01 Å². The summed E-state index contributed by atoms with van der Waals surface area (Å²) >= 11 is 5.98. The van der Waals surface area contributed by atoms with Crippen LogP contribution in [0.15, 0.2) is 77.4 Å². The molecule has 0 saturated heterocycles. The Kier molecular flexibility index (Phi) is 4.91. The van der Waals surface area contributed by atoms with Crippen molar-refractivity contribution in [2.24, 2.45) is 5.10 Å². The second kappa shape index (κ2) is 7.77. The van der Waals surface area contributed by atoms with Gasteiger partial charge < -0.3 is 0 Å². The smallest absolute Gasteiger partial charge is 0.267 e. The summed E-state index contributed by atoms with van der Waals surface area (Å²) in [7, 11) is 0. The zero-order valence-electron chi connectivity index (χ0n) is 18.0. The number of carbonyl (C=O) groups excluding carboxylic acids is 1. The molecule has 0 spiro atoms. The van der Waals surface area contributed by atoms with Crippen molar-refractivity contribution in [3.05, 3.63) is 94.3 Å². The fraction of sp³-hybridized carbons (Fsp3) is 0.115. The molecule has 1 aliphatic rings. The molecule has 2 heterocycles. The highest BCUT2D eigenvalue weighted by atomic mass is 35.5. The molecule has 0 radical (unpaired) electrons. The molecule has 4 aromatic rings. The number of hydrogen-bond acceptors (Lipinski definition) is 3. The van der Waals surface area contributed by atoms with Gasteiger partial charge in [-0.15, -0.1) is 0 Å². The molecule has 0 N–H and O–H groups in total. The molecule has 0 fully saturated rings. The summed E-state index contributed by atoms with van der Waals surface area (Å²) in [5, 5.41) is 13.6. The Morgan fingerprint density at radius 1 is 0.906 bits per heavy atom. The highest BCUT2D eigenvalue weighted by Gasteiger charge is 2.29. The fourth-order valence-corrected chi connectivity index (χ4v) is 4.20. The van der Waals surface area contributed by atoms with Crippen LogP contribution in [0.2, 0.25) is 5.02 Å². The van der Waals surface area contributed by atoms with E-state index in [0.29, 0.717) is 22.0 Å². The van der Waals surface area contributed by atoms with Crippen LogP contribution in [0.1, 0.15) is 23.9 Å². The van der Waals surface area contributed by atoms with Crippen LogP contribution >= 0.6 is 11.6 Å². The van der Waals surface area contributed by atoms with Crippen molar-refractivity contribution in [3.63, 3.8) is 0 Å². The third-order valence-electron chi connectivity index (χ3n) is 5.76. The summed E-state index contributed by atoms with van der Waals surface area (Å²) in [5.74, 6) is -0.165. The lowest BCUT2D eigenvalue weighted by Gasteiger charge is -2.11. The third-order valence-corrected chi connectivity index (χ3v) is 6.02. The van der Waals surface area contributed by atoms with Gasteiger partial charge in [0.15, 0.2) is 0 Å². The summed E-state index contributed by atoms with van der Waals surface area (Å²) in [4.78, 5) is 13.2. The van der Waals surface area contributed by atoms with Gasteiger partial charge in [-0.25, -0.2) is 4.68 Å². The van der Waals surface area contributed by atoms with E-state index in [-0.39, 0.29) is 5.91 Å². The molecule has 32 heavy (non-hydrogen) atoms. The van der Waals surface area contributed by atoms with E-state index in [0.717, 1.165) is 33.4 Å². The van der Waals surface area contributed by atoms with Crippen LogP contribution in [0.4, 0.5) is 5.69 Å². The maximum absolute atomic E-state index is 13.2. The van der Waals surface area contributed by atoms with Gasteiger partial charge in [-0.3, -0.25) is 4.79 Å². The summed E-state index contributed by atoms with van der Waals surface area (Å²) < 4.78 is 1.95. The molecule has 0 atom stereocenters. The number of amides is 1. The number of aromatic nitrogens is 2. The number of nitrogens with zero attached hydrogens (tertiary/aromatic N) is 4. The molecule has 0 aliphatic carbocycles. The number of aryl methyl sites for hydroxylation is 1. The zero-order chi connectivity index (χ0) is 22.4. The molecule has 5 nitrogen and oxygen atoms in total. The lowest BCUT2D eigenvalue weighted by atomic mass is 10.1. The van der Waals surface area contributed by atoms with Crippen molar-refractivity contribution in [1.82, 2.24) is 9.78 Å². The van der Waals surface area contributed by atoms with Crippen LogP contribution in [-0.4, -0.2) is 21.4 Å². The maximum Gasteiger partial charge on any atom is 0.280 e. The lowest BCUT2D eigenvalue weighted by Crippen LogP contribution is -2.21. The highest BCUT2D eigenvalue weighted by molar-refractivity contribution is 6.32. The first-order valence-electron chi connectivity index (χ1n) is 10.4. The minimum atomic E-state index is -0.165. The molecule has 0 bridgehead atoms. The highest BCUT2D eigenvalue weighted by Crippen LogP contribution is 2.29. The van der Waals surface area contributed by atoms with Crippen LogP contribution in [0, 0.1) is 13.8 Å².